The summed E-state index contributed by atoms with van der Waals surface area (Å²) in [7, 11) is 0. The summed E-state index contributed by atoms with van der Waals surface area (Å²) >= 11 is 9.94. The van der Waals surface area contributed by atoms with Gasteiger partial charge in [-0.25, -0.2) is 4.98 Å². The van der Waals surface area contributed by atoms with Crippen LogP contribution in [-0.4, -0.2) is 33.6 Å². The smallest absolute Gasteiger partial charge is 0.251 e. The number of carbonyl (C=O) groups excluding carboxylic acids is 1. The fourth-order valence-corrected chi connectivity index (χ4v) is 4.64. The second kappa shape index (κ2) is 10.5. The van der Waals surface area contributed by atoms with Gasteiger partial charge in [-0.1, -0.05) is 66.2 Å². The van der Waals surface area contributed by atoms with Gasteiger partial charge in [-0.15, -0.1) is 0 Å². The number of hydrogen-bond acceptors (Lipinski definition) is 4. The minimum absolute atomic E-state index is 0.0450. The zero-order valence-corrected chi connectivity index (χ0v) is 21.2. The fourth-order valence-electron chi connectivity index (χ4n) is 4.06. The summed E-state index contributed by atoms with van der Waals surface area (Å²) in [5.74, 6) is 0.784. The molecule has 0 aliphatic carbocycles. The number of halogens is 2. The summed E-state index contributed by atoms with van der Waals surface area (Å²) in [6.45, 7) is 1.33. The van der Waals surface area contributed by atoms with Gasteiger partial charge in [0.15, 0.2) is 5.65 Å². The first-order valence-electron chi connectivity index (χ1n) is 11.4. The minimum atomic E-state index is -0.0450. The summed E-state index contributed by atoms with van der Waals surface area (Å²) in [6, 6.07) is 23.3. The number of carbonyl (C=O) groups is 1. The van der Waals surface area contributed by atoms with Crippen LogP contribution in [0.4, 0.5) is 5.82 Å². The summed E-state index contributed by atoms with van der Waals surface area (Å²) in [5, 5.41) is 13.6. The zero-order chi connectivity index (χ0) is 24.2. The van der Waals surface area contributed by atoms with Gasteiger partial charge in [0, 0.05) is 35.3 Å². The Morgan fingerprint density at radius 3 is 2.63 bits per heavy atom. The lowest BCUT2D eigenvalue weighted by Crippen LogP contribution is -2.25. The van der Waals surface area contributed by atoms with Crippen LogP contribution in [0.25, 0.3) is 27.7 Å². The maximum atomic E-state index is 12.7. The number of hydrogen-bond donors (Lipinski definition) is 2. The van der Waals surface area contributed by atoms with E-state index in [1.807, 2.05) is 72.8 Å². The Labute approximate surface area is 216 Å². The monoisotopic (exact) mass is 547 g/mol. The van der Waals surface area contributed by atoms with Crippen molar-refractivity contribution in [3.05, 3.63) is 94.1 Å². The first-order valence-corrected chi connectivity index (χ1v) is 12.6. The molecule has 2 aromatic heterocycles. The van der Waals surface area contributed by atoms with Crippen molar-refractivity contribution in [2.45, 2.75) is 12.8 Å². The van der Waals surface area contributed by atoms with E-state index in [9.17, 15) is 4.79 Å². The Bertz CT molecular complexity index is 1510. The highest BCUT2D eigenvalue weighted by molar-refractivity contribution is 9.10. The van der Waals surface area contributed by atoms with Crippen LogP contribution in [0.15, 0.2) is 83.5 Å². The third-order valence-electron chi connectivity index (χ3n) is 5.81. The molecule has 0 bridgehead atoms. The Balaban J connectivity index is 1.20. The van der Waals surface area contributed by atoms with Crippen LogP contribution in [0.3, 0.4) is 0 Å². The van der Waals surface area contributed by atoms with Crippen molar-refractivity contribution in [1.29, 1.82) is 0 Å². The van der Waals surface area contributed by atoms with Gasteiger partial charge in [-0.05, 0) is 51.7 Å². The van der Waals surface area contributed by atoms with Gasteiger partial charge in [0.2, 0.25) is 0 Å². The molecule has 3 aromatic carbocycles. The normalized spacial score (nSPS) is 11.1. The zero-order valence-electron chi connectivity index (χ0n) is 18.8. The van der Waals surface area contributed by atoms with Crippen LogP contribution < -0.4 is 10.6 Å². The van der Waals surface area contributed by atoms with Crippen molar-refractivity contribution < 1.29 is 4.79 Å². The van der Waals surface area contributed by atoms with Crippen LogP contribution in [-0.2, 0) is 0 Å². The van der Waals surface area contributed by atoms with E-state index in [2.05, 4.69) is 31.7 Å². The molecule has 2 N–H and O–H groups in total. The highest BCUT2D eigenvalue weighted by Crippen LogP contribution is 2.30. The first kappa shape index (κ1) is 23.3. The number of fused-ring (bicyclic) bond motifs is 2. The van der Waals surface area contributed by atoms with E-state index >= 15 is 0 Å². The Kier molecular flexibility index (Phi) is 6.97. The van der Waals surface area contributed by atoms with Gasteiger partial charge in [-0.2, -0.15) is 9.61 Å². The van der Waals surface area contributed by atoms with E-state index in [1.54, 1.807) is 10.7 Å². The predicted octanol–water partition coefficient (Wildman–Crippen LogP) is 6.59. The number of anilines is 1. The molecule has 0 saturated heterocycles. The van der Waals surface area contributed by atoms with Crippen molar-refractivity contribution in [3.8, 4) is 11.3 Å². The minimum Gasteiger partial charge on any atom is -0.370 e. The lowest BCUT2D eigenvalue weighted by molar-refractivity contribution is 0.0954. The van der Waals surface area contributed by atoms with E-state index in [0.717, 1.165) is 51.7 Å². The molecule has 0 radical (unpaired) electrons. The molecule has 35 heavy (non-hydrogen) atoms. The number of unbranched alkanes of at least 4 members (excludes halogenated alkanes) is 1. The number of benzene rings is 3. The highest BCUT2D eigenvalue weighted by atomic mass is 79.9. The van der Waals surface area contributed by atoms with Gasteiger partial charge in [-0.3, -0.25) is 4.79 Å². The van der Waals surface area contributed by atoms with Gasteiger partial charge in [0.1, 0.15) is 5.82 Å². The molecule has 2 heterocycles. The van der Waals surface area contributed by atoms with Crippen molar-refractivity contribution in [1.82, 2.24) is 19.9 Å². The molecule has 8 heteroatoms. The van der Waals surface area contributed by atoms with E-state index in [1.165, 1.54) is 0 Å². The van der Waals surface area contributed by atoms with Crippen LogP contribution >= 0.6 is 27.5 Å². The molecule has 6 nitrogen and oxygen atoms in total. The van der Waals surface area contributed by atoms with E-state index in [-0.39, 0.29) is 5.91 Å². The van der Waals surface area contributed by atoms with Crippen LogP contribution in [0.5, 0.6) is 0 Å². The SMILES string of the molecule is O=C(NCCCCNc1cc(-c2ccccc2Cl)nc2c(Br)cnn12)c1cccc2ccccc12. The van der Waals surface area contributed by atoms with Gasteiger partial charge >= 0.3 is 0 Å². The van der Waals surface area contributed by atoms with Crippen molar-refractivity contribution in [2.24, 2.45) is 0 Å². The number of rotatable bonds is 8. The van der Waals surface area contributed by atoms with Crippen LogP contribution in [0.1, 0.15) is 23.2 Å². The first-order chi connectivity index (χ1) is 17.1. The quantitative estimate of drug-likeness (QED) is 0.215. The van der Waals surface area contributed by atoms with Crippen molar-refractivity contribution in [2.75, 3.05) is 18.4 Å². The largest absolute Gasteiger partial charge is 0.370 e. The third kappa shape index (κ3) is 5.01. The Hall–Kier alpha value is -3.42. The molecule has 0 saturated carbocycles. The third-order valence-corrected chi connectivity index (χ3v) is 6.70. The van der Waals surface area contributed by atoms with Crippen LogP contribution in [0, 0.1) is 0 Å². The van der Waals surface area contributed by atoms with Gasteiger partial charge in [0.25, 0.3) is 5.91 Å². The molecule has 0 aliphatic rings. The molecule has 5 aromatic rings. The lowest BCUT2D eigenvalue weighted by atomic mass is 10.0. The molecule has 0 atom stereocenters. The average Bonchev–Trinajstić information content (AvgIpc) is 3.26. The van der Waals surface area contributed by atoms with E-state index in [4.69, 9.17) is 16.6 Å². The summed E-state index contributed by atoms with van der Waals surface area (Å²) in [4.78, 5) is 17.4. The molecule has 0 unspecified atom stereocenters. The second-order valence-corrected chi connectivity index (χ2v) is 9.41. The molecule has 5 rings (SSSR count). The van der Waals surface area contributed by atoms with Crippen molar-refractivity contribution >= 4 is 55.7 Å². The maximum Gasteiger partial charge on any atom is 0.251 e. The lowest BCUT2D eigenvalue weighted by Gasteiger charge is -2.12. The summed E-state index contributed by atoms with van der Waals surface area (Å²) in [6.07, 6.45) is 3.45. The molecular formula is C27H23BrClN5O. The topological polar surface area (TPSA) is 71.3 Å². The van der Waals surface area contributed by atoms with Crippen molar-refractivity contribution in [3.63, 3.8) is 0 Å². The average molecular weight is 549 g/mol. The standard InChI is InChI=1S/C27H23BrClN5O/c28-22-17-32-34-25(16-24(33-26(22)34)21-11-3-4-13-23(21)29)30-14-5-6-15-31-27(35)20-12-7-9-18-8-1-2-10-19(18)20/h1-4,7-13,16-17,30H,5-6,14-15H2,(H,31,35). The predicted molar refractivity (Wildman–Crippen MR) is 145 cm³/mol. The second-order valence-electron chi connectivity index (χ2n) is 8.15. The molecule has 1 amide bonds. The molecule has 0 aliphatic heterocycles. The van der Waals surface area contributed by atoms with E-state index in [0.29, 0.717) is 22.8 Å². The molecule has 0 fully saturated rings. The Morgan fingerprint density at radius 1 is 0.971 bits per heavy atom. The number of amides is 1. The van der Waals surface area contributed by atoms with Gasteiger partial charge in [0.05, 0.1) is 16.4 Å². The van der Waals surface area contributed by atoms with Crippen LogP contribution in [0.2, 0.25) is 5.02 Å². The molecule has 176 valence electrons. The summed E-state index contributed by atoms with van der Waals surface area (Å²) < 4.78 is 2.58. The van der Waals surface area contributed by atoms with E-state index < -0.39 is 0 Å². The maximum absolute atomic E-state index is 12.7. The number of nitrogens with zero attached hydrogens (tertiary/aromatic N) is 3. The summed E-state index contributed by atoms with van der Waals surface area (Å²) in [5.41, 5.74) is 3.06. The number of nitrogens with one attached hydrogen (secondary N) is 2. The molecular weight excluding hydrogens is 526 g/mol. The molecule has 0 spiro atoms. The highest BCUT2D eigenvalue weighted by Gasteiger charge is 2.13. The fraction of sp³-hybridized carbons (Fsp3) is 0.148. The Morgan fingerprint density at radius 2 is 1.74 bits per heavy atom. The number of aromatic nitrogens is 3. The van der Waals surface area contributed by atoms with Gasteiger partial charge < -0.3 is 10.6 Å².